The van der Waals surface area contributed by atoms with Gasteiger partial charge in [0.05, 0.1) is 6.61 Å². The van der Waals surface area contributed by atoms with E-state index < -0.39 is 14.6 Å². The Morgan fingerprint density at radius 2 is 1.07 bits per heavy atom. The number of hydrogen-bond acceptors (Lipinski definition) is 4. The van der Waals surface area contributed by atoms with Crippen LogP contribution in [0, 0.1) is 0 Å². The Hall–Kier alpha value is -0.480. The first-order valence-electron chi connectivity index (χ1n) is 10.7. The minimum absolute atomic E-state index is 0.483. The lowest BCUT2D eigenvalue weighted by Gasteiger charge is -2.04. The maximum atomic E-state index is 9.25. The van der Waals surface area contributed by atoms with Crippen LogP contribution >= 0.6 is 8.60 Å². The van der Waals surface area contributed by atoms with Gasteiger partial charge in [-0.05, 0) is 6.42 Å². The largest absolute Gasteiger partial charge is 0.478 e. The van der Waals surface area contributed by atoms with Crippen molar-refractivity contribution in [1.82, 2.24) is 0 Å². The zero-order chi connectivity index (χ0) is 20.6. The Kier molecular flexibility index (Phi) is 27.2. The summed E-state index contributed by atoms with van der Waals surface area (Å²) in [5.41, 5.74) is 0. The molecule has 27 heavy (non-hydrogen) atoms. The topological polar surface area (TPSA) is 87.0 Å². The number of aliphatic carboxylic acids is 1. The highest BCUT2D eigenvalue weighted by Crippen LogP contribution is 2.24. The quantitative estimate of drug-likeness (QED) is 0.126. The summed E-state index contributed by atoms with van der Waals surface area (Å²) in [6, 6.07) is 0. The lowest BCUT2D eigenvalue weighted by molar-refractivity contribution is -0.131. The molecule has 0 aliphatic heterocycles. The van der Waals surface area contributed by atoms with E-state index in [9.17, 15) is 4.79 Å². The fourth-order valence-electron chi connectivity index (χ4n) is 2.80. The van der Waals surface area contributed by atoms with Crippen LogP contribution in [0.3, 0.4) is 0 Å². The Bertz CT molecular complexity index is 311. The molecular formula is C21H43O5P. The van der Waals surface area contributed by atoms with E-state index in [1.807, 2.05) is 0 Å². The molecule has 0 bridgehead atoms. The molecule has 0 saturated heterocycles. The predicted octanol–water partition coefficient (Wildman–Crippen LogP) is 6.73. The first kappa shape index (κ1) is 28.7. The van der Waals surface area contributed by atoms with E-state index in [-0.39, 0.29) is 0 Å². The average Bonchev–Trinajstić information content (AvgIpc) is 2.64. The van der Waals surface area contributed by atoms with E-state index in [4.69, 9.17) is 19.4 Å². The maximum absolute atomic E-state index is 9.25. The van der Waals surface area contributed by atoms with Crippen LogP contribution < -0.4 is 0 Å². The van der Waals surface area contributed by atoms with Gasteiger partial charge in [-0.2, -0.15) is 0 Å². The van der Waals surface area contributed by atoms with Crippen LogP contribution in [0.4, 0.5) is 0 Å². The number of carbonyl (C=O) groups is 1. The van der Waals surface area contributed by atoms with Crippen molar-refractivity contribution in [2.24, 2.45) is 0 Å². The minimum Gasteiger partial charge on any atom is -0.478 e. The lowest BCUT2D eigenvalue weighted by atomic mass is 10.0. The predicted molar refractivity (Wildman–Crippen MR) is 115 cm³/mol. The Balaban J connectivity index is 0. The summed E-state index contributed by atoms with van der Waals surface area (Å²) in [4.78, 5) is 26.4. The van der Waals surface area contributed by atoms with Gasteiger partial charge in [-0.1, -0.05) is 110 Å². The van der Waals surface area contributed by atoms with E-state index in [2.05, 4.69) is 13.5 Å². The molecule has 0 aromatic carbocycles. The van der Waals surface area contributed by atoms with E-state index in [0.29, 0.717) is 6.61 Å². The van der Waals surface area contributed by atoms with Crippen molar-refractivity contribution in [3.05, 3.63) is 12.7 Å². The molecule has 0 aliphatic rings. The molecule has 0 heterocycles. The van der Waals surface area contributed by atoms with E-state index >= 15 is 0 Å². The molecule has 0 fully saturated rings. The van der Waals surface area contributed by atoms with E-state index in [0.717, 1.165) is 18.9 Å². The standard InChI is InChI=1S/C18H39O3P.C3H4O2/c1-2-3-4-5-6-7-8-9-10-11-12-13-14-15-16-17-18-21-22(19)20;1-2-3(4)5/h19-20H,2-18H2,1H3;2H,1H2,(H,4,5). The van der Waals surface area contributed by atoms with Crippen LogP contribution in [0.5, 0.6) is 0 Å². The highest BCUT2D eigenvalue weighted by atomic mass is 31.2. The van der Waals surface area contributed by atoms with Crippen molar-refractivity contribution >= 4 is 14.6 Å². The smallest absolute Gasteiger partial charge is 0.327 e. The minimum atomic E-state index is -2.14. The highest BCUT2D eigenvalue weighted by molar-refractivity contribution is 7.39. The highest BCUT2D eigenvalue weighted by Gasteiger charge is 1.98. The van der Waals surface area contributed by atoms with Crippen LogP contribution in [-0.2, 0) is 9.32 Å². The molecule has 0 aromatic rings. The van der Waals surface area contributed by atoms with Gasteiger partial charge in [0.25, 0.3) is 0 Å². The zero-order valence-corrected chi connectivity index (χ0v) is 18.3. The summed E-state index contributed by atoms with van der Waals surface area (Å²) in [7, 11) is -2.14. The third kappa shape index (κ3) is 33.5. The molecule has 0 rings (SSSR count). The number of unbranched alkanes of at least 4 members (excludes halogenated alkanes) is 15. The zero-order valence-electron chi connectivity index (χ0n) is 17.4. The molecule has 0 aliphatic carbocycles. The third-order valence-corrected chi connectivity index (χ3v) is 4.79. The van der Waals surface area contributed by atoms with Crippen molar-refractivity contribution < 1.29 is 24.2 Å². The molecule has 6 heteroatoms. The fourth-order valence-corrected chi connectivity index (χ4v) is 3.09. The number of rotatable bonds is 19. The van der Waals surface area contributed by atoms with Crippen molar-refractivity contribution in [1.29, 1.82) is 0 Å². The first-order valence-corrected chi connectivity index (χ1v) is 11.9. The Morgan fingerprint density at radius 3 is 1.33 bits per heavy atom. The molecule has 0 atom stereocenters. The molecule has 0 saturated carbocycles. The van der Waals surface area contributed by atoms with Gasteiger partial charge in [-0.25, -0.2) is 4.79 Å². The first-order chi connectivity index (χ1) is 13.0. The van der Waals surface area contributed by atoms with Gasteiger partial charge in [-0.3, -0.25) is 0 Å². The van der Waals surface area contributed by atoms with Gasteiger partial charge in [0, 0.05) is 6.08 Å². The van der Waals surface area contributed by atoms with Crippen molar-refractivity contribution in [3.63, 3.8) is 0 Å². The summed E-state index contributed by atoms with van der Waals surface area (Å²) in [5.74, 6) is -0.981. The number of carboxylic acids is 1. The number of carboxylic acid groups (broad SMARTS) is 1. The monoisotopic (exact) mass is 406 g/mol. The normalized spacial score (nSPS) is 10.5. The second-order valence-electron chi connectivity index (χ2n) is 6.93. The van der Waals surface area contributed by atoms with Gasteiger partial charge in [-0.15, -0.1) is 0 Å². The summed E-state index contributed by atoms with van der Waals surface area (Å²) in [6.07, 6.45) is 22.4. The molecule has 162 valence electrons. The van der Waals surface area contributed by atoms with Crippen LogP contribution in [0.25, 0.3) is 0 Å². The molecule has 5 nitrogen and oxygen atoms in total. The van der Waals surface area contributed by atoms with Gasteiger partial charge in [0.15, 0.2) is 0 Å². The summed E-state index contributed by atoms with van der Waals surface area (Å²) in [5, 5.41) is 7.60. The summed E-state index contributed by atoms with van der Waals surface area (Å²) in [6.45, 7) is 5.72. The molecule has 0 unspecified atom stereocenters. The van der Waals surface area contributed by atoms with Crippen LogP contribution in [-0.4, -0.2) is 27.5 Å². The van der Waals surface area contributed by atoms with Crippen molar-refractivity contribution in [2.45, 2.75) is 110 Å². The Labute approximate surface area is 168 Å². The second kappa shape index (κ2) is 25.5. The molecule has 0 radical (unpaired) electrons. The van der Waals surface area contributed by atoms with Gasteiger partial charge >= 0.3 is 14.6 Å². The van der Waals surface area contributed by atoms with E-state index in [1.165, 1.54) is 89.9 Å². The van der Waals surface area contributed by atoms with Crippen LogP contribution in [0.15, 0.2) is 12.7 Å². The summed E-state index contributed by atoms with van der Waals surface area (Å²) >= 11 is 0. The van der Waals surface area contributed by atoms with Crippen molar-refractivity contribution in [3.8, 4) is 0 Å². The average molecular weight is 407 g/mol. The van der Waals surface area contributed by atoms with Crippen LogP contribution in [0.1, 0.15) is 110 Å². The van der Waals surface area contributed by atoms with Gasteiger partial charge < -0.3 is 19.4 Å². The molecule has 3 N–H and O–H groups in total. The van der Waals surface area contributed by atoms with E-state index in [1.54, 1.807) is 0 Å². The lowest BCUT2D eigenvalue weighted by Crippen LogP contribution is -1.89. The summed E-state index contributed by atoms with van der Waals surface area (Å²) < 4.78 is 4.74. The molecule has 0 amide bonds. The number of hydrogen-bond donors (Lipinski definition) is 3. The third-order valence-electron chi connectivity index (χ3n) is 4.38. The van der Waals surface area contributed by atoms with Gasteiger partial charge in [0.2, 0.25) is 0 Å². The SMILES string of the molecule is C=CC(=O)O.CCCCCCCCCCCCCCCCCCOP(O)O. The van der Waals surface area contributed by atoms with Crippen molar-refractivity contribution in [2.75, 3.05) is 6.61 Å². The molecule has 0 spiro atoms. The van der Waals surface area contributed by atoms with Gasteiger partial charge in [0.1, 0.15) is 0 Å². The molecular weight excluding hydrogens is 363 g/mol. The molecule has 0 aromatic heterocycles. The Morgan fingerprint density at radius 1 is 0.778 bits per heavy atom. The maximum Gasteiger partial charge on any atom is 0.327 e. The fraction of sp³-hybridized carbons (Fsp3) is 0.857. The second-order valence-corrected chi connectivity index (χ2v) is 7.70. The van der Waals surface area contributed by atoms with Crippen LogP contribution in [0.2, 0.25) is 0 Å².